The number of anilines is 1. The number of amides is 1. The molecule has 0 fully saturated rings. The minimum atomic E-state index is -0.483. The maximum Gasteiger partial charge on any atom is 0.300 e. The van der Waals surface area contributed by atoms with Crippen LogP contribution in [0.4, 0.5) is 11.4 Å². The number of carbonyl (C=O) groups excluding carboxylic acids is 1. The van der Waals surface area contributed by atoms with E-state index in [1.807, 2.05) is 0 Å². The Labute approximate surface area is 276 Å². The van der Waals surface area contributed by atoms with Crippen LogP contribution in [0, 0.1) is 10.1 Å². The Kier molecular flexibility index (Phi) is 22.2. The second-order valence-corrected chi connectivity index (χ2v) is 12.7. The number of unbranched alkanes of at least 4 members (excludes halogenated alkanes) is 19. The van der Waals surface area contributed by atoms with E-state index in [2.05, 4.69) is 40.0 Å². The lowest BCUT2D eigenvalue weighted by Crippen LogP contribution is -2.36. The van der Waals surface area contributed by atoms with E-state index in [1.54, 1.807) is 6.07 Å². The summed E-state index contributed by atoms with van der Waals surface area (Å²) >= 11 is 0. The van der Waals surface area contributed by atoms with Gasteiger partial charge in [0.1, 0.15) is 0 Å². The highest BCUT2D eigenvalue weighted by Crippen LogP contribution is 2.28. The van der Waals surface area contributed by atoms with E-state index in [0.717, 1.165) is 45.1 Å². The fourth-order valence-electron chi connectivity index (χ4n) is 5.80. The molecule has 0 aliphatic heterocycles. The largest absolute Gasteiger partial charge is 0.394 e. The first kappa shape index (κ1) is 39.2. The Balaban J connectivity index is 1.37. The smallest absolute Gasteiger partial charge is 0.300 e. The molecule has 0 spiro atoms. The molecule has 10 nitrogen and oxygen atoms in total. The van der Waals surface area contributed by atoms with Crippen LogP contribution in [0.25, 0.3) is 11.0 Å². The number of aromatic nitrogens is 2. The molecule has 0 saturated heterocycles. The number of rotatable bonds is 30. The zero-order chi connectivity index (χ0) is 33.1. The average molecular weight is 644 g/mol. The minimum Gasteiger partial charge on any atom is -0.394 e. The van der Waals surface area contributed by atoms with Crippen LogP contribution < -0.4 is 10.6 Å². The van der Waals surface area contributed by atoms with Gasteiger partial charge in [0.2, 0.25) is 11.4 Å². The van der Waals surface area contributed by atoms with Crippen molar-refractivity contribution in [2.45, 2.75) is 161 Å². The molecular formula is C36H61N5O5. The van der Waals surface area contributed by atoms with Gasteiger partial charge in [0.15, 0.2) is 5.52 Å². The van der Waals surface area contributed by atoms with E-state index in [-0.39, 0.29) is 29.8 Å². The summed E-state index contributed by atoms with van der Waals surface area (Å²) in [5.41, 5.74) is 1.15. The number of benzene rings is 1. The van der Waals surface area contributed by atoms with Gasteiger partial charge in [-0.05, 0) is 48.5 Å². The molecule has 0 aliphatic carbocycles. The molecule has 2 rings (SSSR count). The number of carbonyl (C=O) groups is 1. The number of hydrogen-bond acceptors (Lipinski definition) is 8. The maximum absolute atomic E-state index is 12.3. The van der Waals surface area contributed by atoms with Gasteiger partial charge in [0.05, 0.1) is 23.3 Å². The van der Waals surface area contributed by atoms with Crippen molar-refractivity contribution in [1.82, 2.24) is 15.6 Å². The normalized spacial score (nSPS) is 12.2. The summed E-state index contributed by atoms with van der Waals surface area (Å²) < 4.78 is 4.70. The molecule has 1 atom stereocenters. The number of allylic oxidation sites excluding steroid dienone is 1. The predicted molar refractivity (Wildman–Crippen MR) is 187 cm³/mol. The van der Waals surface area contributed by atoms with Crippen LogP contribution >= 0.6 is 0 Å². The monoisotopic (exact) mass is 643 g/mol. The molecular weight excluding hydrogens is 582 g/mol. The number of nitro groups is 1. The quantitative estimate of drug-likeness (QED) is 0.0330. The molecule has 2 aromatic rings. The number of nitrogens with one attached hydrogen (secondary N) is 2. The second kappa shape index (κ2) is 26.1. The lowest BCUT2D eigenvalue weighted by Gasteiger charge is -2.14. The molecule has 1 aromatic carbocycles. The fourth-order valence-corrected chi connectivity index (χ4v) is 5.80. The zero-order valence-corrected chi connectivity index (χ0v) is 28.5. The van der Waals surface area contributed by atoms with Crippen molar-refractivity contribution in [2.24, 2.45) is 0 Å². The van der Waals surface area contributed by atoms with Crippen LogP contribution in [0.1, 0.15) is 155 Å². The third-order valence-corrected chi connectivity index (χ3v) is 8.63. The topological polar surface area (TPSA) is 143 Å². The highest BCUT2D eigenvalue weighted by atomic mass is 16.6. The van der Waals surface area contributed by atoms with Gasteiger partial charge in [-0.1, -0.05) is 128 Å². The van der Waals surface area contributed by atoms with Crippen molar-refractivity contribution in [1.29, 1.82) is 0 Å². The highest BCUT2D eigenvalue weighted by molar-refractivity contribution is 5.93. The van der Waals surface area contributed by atoms with Crippen molar-refractivity contribution in [3.63, 3.8) is 0 Å². The lowest BCUT2D eigenvalue weighted by atomic mass is 10.0. The third kappa shape index (κ3) is 17.6. The van der Waals surface area contributed by atoms with E-state index < -0.39 is 4.92 Å². The van der Waals surface area contributed by atoms with Gasteiger partial charge < -0.3 is 15.7 Å². The number of hydrogen-bond donors (Lipinski definition) is 3. The summed E-state index contributed by atoms with van der Waals surface area (Å²) in [5, 5.41) is 34.5. The van der Waals surface area contributed by atoms with Crippen LogP contribution in [0.2, 0.25) is 0 Å². The molecule has 0 bridgehead atoms. The maximum atomic E-state index is 12.3. The molecule has 0 radical (unpaired) electrons. The van der Waals surface area contributed by atoms with E-state index in [9.17, 15) is 20.0 Å². The molecule has 10 heteroatoms. The molecule has 0 aliphatic rings. The minimum absolute atomic E-state index is 0.0279. The Morgan fingerprint density at radius 3 is 2.00 bits per heavy atom. The van der Waals surface area contributed by atoms with E-state index in [0.29, 0.717) is 24.0 Å². The van der Waals surface area contributed by atoms with Crippen molar-refractivity contribution in [3.05, 3.63) is 34.4 Å². The first-order valence-corrected chi connectivity index (χ1v) is 18.3. The number of aliphatic hydroxyl groups excluding tert-OH is 1. The first-order chi connectivity index (χ1) is 22.6. The molecule has 0 saturated carbocycles. The van der Waals surface area contributed by atoms with Gasteiger partial charge in [-0.25, -0.2) is 4.63 Å². The van der Waals surface area contributed by atoms with E-state index in [1.165, 1.54) is 102 Å². The highest BCUT2D eigenvalue weighted by Gasteiger charge is 2.19. The molecule has 1 amide bonds. The number of nitro benzene ring substituents is 1. The first-order valence-electron chi connectivity index (χ1n) is 18.3. The predicted octanol–water partition coefficient (Wildman–Crippen LogP) is 9.57. The van der Waals surface area contributed by atoms with Crippen molar-refractivity contribution >= 4 is 28.3 Å². The third-order valence-electron chi connectivity index (χ3n) is 8.63. The van der Waals surface area contributed by atoms with Crippen molar-refractivity contribution in [2.75, 3.05) is 18.5 Å². The lowest BCUT2D eigenvalue weighted by molar-refractivity contribution is -0.383. The summed E-state index contributed by atoms with van der Waals surface area (Å²) in [6, 6.07) is 2.88. The summed E-state index contributed by atoms with van der Waals surface area (Å²) in [6.07, 6.45) is 31.4. The van der Waals surface area contributed by atoms with Crippen LogP contribution in [-0.2, 0) is 4.79 Å². The molecule has 260 valence electrons. The van der Waals surface area contributed by atoms with Crippen molar-refractivity contribution < 1.29 is 19.5 Å². The van der Waals surface area contributed by atoms with Gasteiger partial charge in [-0.3, -0.25) is 14.9 Å². The molecule has 46 heavy (non-hydrogen) atoms. The number of fused-ring (bicyclic) bond motifs is 1. The van der Waals surface area contributed by atoms with Crippen molar-refractivity contribution in [3.8, 4) is 0 Å². The van der Waals surface area contributed by atoms with Gasteiger partial charge in [-0.2, -0.15) is 0 Å². The fraction of sp³-hybridized carbons (Fsp3) is 0.750. The summed E-state index contributed by atoms with van der Waals surface area (Å²) in [6.45, 7) is 3.00. The van der Waals surface area contributed by atoms with Gasteiger partial charge in [0, 0.05) is 19.0 Å². The summed E-state index contributed by atoms with van der Waals surface area (Å²) in [4.78, 5) is 22.9. The Morgan fingerprint density at radius 1 is 0.826 bits per heavy atom. The summed E-state index contributed by atoms with van der Waals surface area (Å²) in [7, 11) is 0. The zero-order valence-electron chi connectivity index (χ0n) is 28.5. The van der Waals surface area contributed by atoms with Crippen LogP contribution in [0.5, 0.6) is 0 Å². The van der Waals surface area contributed by atoms with Crippen LogP contribution in [-0.4, -0.2) is 45.4 Å². The number of nitrogens with zero attached hydrogens (tertiary/aromatic N) is 3. The van der Waals surface area contributed by atoms with Gasteiger partial charge in [0.25, 0.3) is 0 Å². The van der Waals surface area contributed by atoms with Crippen LogP contribution in [0.15, 0.2) is 28.9 Å². The van der Waals surface area contributed by atoms with E-state index >= 15 is 0 Å². The Hall–Kier alpha value is -3.01. The molecule has 1 aromatic heterocycles. The van der Waals surface area contributed by atoms with Gasteiger partial charge >= 0.3 is 5.69 Å². The molecule has 1 heterocycles. The van der Waals surface area contributed by atoms with Gasteiger partial charge in [-0.15, -0.1) is 0 Å². The second-order valence-electron chi connectivity index (χ2n) is 12.7. The Bertz CT molecular complexity index is 1110. The van der Waals surface area contributed by atoms with Crippen LogP contribution in [0.3, 0.4) is 0 Å². The Morgan fingerprint density at radius 2 is 1.39 bits per heavy atom. The summed E-state index contributed by atoms with van der Waals surface area (Å²) in [5.74, 6) is 0.0576. The average Bonchev–Trinajstić information content (AvgIpc) is 3.55. The molecule has 3 N–H and O–H groups in total. The standard InChI is InChI=1S/C36H61N5O5/c1-2-3-4-5-6-7-8-9-10-14-17-20-23-26-34(43)38-31(30-42)25-22-19-16-13-11-12-15-18-21-24-29-37-32-27-28-33(41(44)45)36-35(32)39-46-40-36/h19,22,27-28,31,37,42H,2-18,20-21,23-26,29-30H2,1H3,(H,38,43)/b22-19+. The number of non-ortho nitro benzene ring substituents is 1. The SMILES string of the molecule is CCCCCCCCCCCCCCCC(=O)NC(CO)C/C=C/CCCCCCCCCNc1ccc([N+](=O)[O-])c2nonc12. The molecule has 1 unspecified atom stereocenters. The van der Waals surface area contributed by atoms with E-state index in [4.69, 9.17) is 4.63 Å². The number of aliphatic hydroxyl groups is 1.